The molecule has 1 aromatic heterocycles. The first-order valence-corrected chi connectivity index (χ1v) is 11.5. The summed E-state index contributed by atoms with van der Waals surface area (Å²) in [5, 5.41) is 12.3. The maximum absolute atomic E-state index is 12.7. The molecular formula is C23H25N5O4S. The summed E-state index contributed by atoms with van der Waals surface area (Å²) in [5.41, 5.74) is 2.73. The number of nitrogens with one attached hydrogen (secondary N) is 1. The van der Waals surface area contributed by atoms with Gasteiger partial charge in [0.2, 0.25) is 11.9 Å². The Bertz CT molecular complexity index is 1130. The molecule has 1 aliphatic heterocycles. The monoisotopic (exact) mass is 467 g/mol. The number of rotatable bonds is 7. The van der Waals surface area contributed by atoms with Crippen LogP contribution in [0.25, 0.3) is 5.69 Å². The summed E-state index contributed by atoms with van der Waals surface area (Å²) in [7, 11) is 1.32. The minimum absolute atomic E-state index is 0.135. The fraction of sp³-hybridized carbons (Fsp3) is 0.304. The number of amides is 1. The predicted molar refractivity (Wildman–Crippen MR) is 126 cm³/mol. The number of benzene rings is 2. The van der Waals surface area contributed by atoms with Crippen molar-refractivity contribution in [1.82, 2.24) is 14.8 Å². The molecule has 0 bridgehead atoms. The van der Waals surface area contributed by atoms with E-state index < -0.39 is 5.97 Å². The van der Waals surface area contributed by atoms with Crippen LogP contribution in [0.4, 0.5) is 11.6 Å². The zero-order valence-corrected chi connectivity index (χ0v) is 19.3. The molecule has 2 aromatic carbocycles. The number of para-hydroxylation sites is 1. The van der Waals surface area contributed by atoms with Gasteiger partial charge in [0.1, 0.15) is 0 Å². The van der Waals surface area contributed by atoms with Crippen molar-refractivity contribution in [2.45, 2.75) is 12.1 Å². The van der Waals surface area contributed by atoms with Gasteiger partial charge in [-0.1, -0.05) is 36.0 Å². The standard InChI is InChI=1S/C23H25N5O4S/c1-16-8-9-17(21(30)31-2)14-19(16)24-20(29)15-33-23-26-25-22(27-10-12-32-13-11-27)28(23)18-6-4-3-5-7-18/h3-9,14H,10-13,15H2,1-2H3,(H,24,29). The number of anilines is 2. The van der Waals surface area contributed by atoms with E-state index in [4.69, 9.17) is 9.47 Å². The largest absolute Gasteiger partial charge is 0.465 e. The Labute approximate surface area is 196 Å². The highest BCUT2D eigenvalue weighted by atomic mass is 32.2. The maximum Gasteiger partial charge on any atom is 0.337 e. The molecule has 0 aliphatic carbocycles. The molecule has 0 unspecified atom stereocenters. The van der Waals surface area contributed by atoms with Crippen molar-refractivity contribution < 1.29 is 19.1 Å². The summed E-state index contributed by atoms with van der Waals surface area (Å²) < 4.78 is 12.2. The Morgan fingerprint density at radius 3 is 2.61 bits per heavy atom. The molecule has 0 saturated carbocycles. The molecule has 3 aromatic rings. The van der Waals surface area contributed by atoms with Crippen LogP contribution >= 0.6 is 11.8 Å². The molecule has 1 N–H and O–H groups in total. The number of ether oxygens (including phenoxy) is 2. The molecule has 0 spiro atoms. The van der Waals surface area contributed by atoms with E-state index in [9.17, 15) is 9.59 Å². The molecule has 1 aliphatic rings. The lowest BCUT2D eigenvalue weighted by molar-refractivity contribution is -0.113. The van der Waals surface area contributed by atoms with Crippen LogP contribution in [0.15, 0.2) is 53.7 Å². The Morgan fingerprint density at radius 1 is 1.12 bits per heavy atom. The van der Waals surface area contributed by atoms with Crippen molar-refractivity contribution in [1.29, 1.82) is 0 Å². The molecule has 0 radical (unpaired) electrons. The molecule has 0 atom stereocenters. The zero-order valence-electron chi connectivity index (χ0n) is 18.5. The molecule has 4 rings (SSSR count). The lowest BCUT2D eigenvalue weighted by Crippen LogP contribution is -2.37. The molecule has 172 valence electrons. The van der Waals surface area contributed by atoms with Gasteiger partial charge in [-0.05, 0) is 36.8 Å². The molecule has 10 heteroatoms. The molecule has 1 amide bonds. The number of aromatic nitrogens is 3. The van der Waals surface area contributed by atoms with E-state index in [1.165, 1.54) is 18.9 Å². The summed E-state index contributed by atoms with van der Waals surface area (Å²) >= 11 is 1.30. The van der Waals surface area contributed by atoms with Crippen LogP contribution in [0.2, 0.25) is 0 Å². The van der Waals surface area contributed by atoms with E-state index in [0.29, 0.717) is 29.6 Å². The molecular weight excluding hydrogens is 442 g/mol. The van der Waals surface area contributed by atoms with E-state index >= 15 is 0 Å². The van der Waals surface area contributed by atoms with Gasteiger partial charge in [-0.2, -0.15) is 0 Å². The number of nitrogens with zero attached hydrogens (tertiary/aromatic N) is 4. The number of morpholine rings is 1. The van der Waals surface area contributed by atoms with E-state index in [-0.39, 0.29) is 11.7 Å². The zero-order chi connectivity index (χ0) is 23.2. The summed E-state index contributed by atoms with van der Waals surface area (Å²) in [6.07, 6.45) is 0. The van der Waals surface area contributed by atoms with Crippen molar-refractivity contribution in [2.75, 3.05) is 49.4 Å². The van der Waals surface area contributed by atoms with Crippen LogP contribution in [0.1, 0.15) is 15.9 Å². The first-order chi connectivity index (χ1) is 16.1. The third-order valence-electron chi connectivity index (χ3n) is 5.19. The van der Waals surface area contributed by atoms with Gasteiger partial charge in [0.05, 0.1) is 37.3 Å². The maximum atomic E-state index is 12.7. The first kappa shape index (κ1) is 22.8. The third-order valence-corrected chi connectivity index (χ3v) is 6.12. The van der Waals surface area contributed by atoms with Crippen molar-refractivity contribution >= 4 is 35.3 Å². The van der Waals surface area contributed by atoms with Crippen LogP contribution < -0.4 is 10.2 Å². The number of carbonyl (C=O) groups is 2. The van der Waals surface area contributed by atoms with Gasteiger partial charge in [-0.15, -0.1) is 10.2 Å². The second-order valence-electron chi connectivity index (χ2n) is 7.41. The predicted octanol–water partition coefficient (Wildman–Crippen LogP) is 2.93. The molecule has 33 heavy (non-hydrogen) atoms. The fourth-order valence-corrected chi connectivity index (χ4v) is 4.19. The Morgan fingerprint density at radius 2 is 1.88 bits per heavy atom. The highest BCUT2D eigenvalue weighted by Crippen LogP contribution is 2.27. The highest BCUT2D eigenvalue weighted by molar-refractivity contribution is 7.99. The third kappa shape index (κ3) is 5.35. The average molecular weight is 468 g/mol. The molecule has 1 fully saturated rings. The summed E-state index contributed by atoms with van der Waals surface area (Å²) in [4.78, 5) is 26.7. The molecule has 2 heterocycles. The molecule has 9 nitrogen and oxygen atoms in total. The quantitative estimate of drug-likeness (QED) is 0.418. The topological polar surface area (TPSA) is 98.6 Å². The second kappa shape index (κ2) is 10.5. The van der Waals surface area contributed by atoms with Gasteiger partial charge < -0.3 is 19.7 Å². The van der Waals surface area contributed by atoms with E-state index in [0.717, 1.165) is 30.3 Å². The number of carbonyl (C=O) groups excluding carboxylic acids is 2. The van der Waals surface area contributed by atoms with Crippen LogP contribution in [-0.2, 0) is 14.3 Å². The van der Waals surface area contributed by atoms with Gasteiger partial charge in [0, 0.05) is 18.8 Å². The summed E-state index contributed by atoms with van der Waals surface area (Å²) in [6, 6.07) is 14.9. The van der Waals surface area contributed by atoms with Crippen LogP contribution in [0.5, 0.6) is 0 Å². The van der Waals surface area contributed by atoms with Gasteiger partial charge in [-0.25, -0.2) is 4.79 Å². The van der Waals surface area contributed by atoms with Gasteiger partial charge in [0.15, 0.2) is 5.16 Å². The van der Waals surface area contributed by atoms with Gasteiger partial charge in [-0.3, -0.25) is 9.36 Å². The lowest BCUT2D eigenvalue weighted by atomic mass is 10.1. The second-order valence-corrected chi connectivity index (χ2v) is 8.35. The SMILES string of the molecule is COC(=O)c1ccc(C)c(NC(=O)CSc2nnc(N3CCOCC3)n2-c2ccccc2)c1. The fourth-order valence-electron chi connectivity index (χ4n) is 3.44. The van der Waals surface area contributed by atoms with Crippen molar-refractivity contribution in [3.63, 3.8) is 0 Å². The minimum Gasteiger partial charge on any atom is -0.465 e. The average Bonchev–Trinajstić information content (AvgIpc) is 3.28. The highest BCUT2D eigenvalue weighted by Gasteiger charge is 2.22. The number of methoxy groups -OCH3 is 1. The molecule has 1 saturated heterocycles. The van der Waals surface area contributed by atoms with Crippen LogP contribution in [0.3, 0.4) is 0 Å². The van der Waals surface area contributed by atoms with Gasteiger partial charge >= 0.3 is 5.97 Å². The summed E-state index contributed by atoms with van der Waals surface area (Å²) in [5.74, 6) is 0.205. The van der Waals surface area contributed by atoms with Crippen molar-refractivity contribution in [3.05, 3.63) is 59.7 Å². The summed E-state index contributed by atoms with van der Waals surface area (Å²) in [6.45, 7) is 4.59. The van der Waals surface area contributed by atoms with Crippen LogP contribution in [0, 0.1) is 6.92 Å². The Kier molecular flexibility index (Phi) is 7.26. The van der Waals surface area contributed by atoms with Crippen molar-refractivity contribution in [3.8, 4) is 5.69 Å². The Balaban J connectivity index is 1.51. The lowest BCUT2D eigenvalue weighted by Gasteiger charge is -2.27. The van der Waals surface area contributed by atoms with E-state index in [1.54, 1.807) is 18.2 Å². The Hall–Kier alpha value is -3.37. The number of hydrogen-bond acceptors (Lipinski definition) is 8. The van der Waals surface area contributed by atoms with E-state index in [2.05, 4.69) is 20.4 Å². The van der Waals surface area contributed by atoms with E-state index in [1.807, 2.05) is 41.8 Å². The van der Waals surface area contributed by atoms with Gasteiger partial charge in [0.25, 0.3) is 0 Å². The number of hydrogen-bond donors (Lipinski definition) is 1. The number of esters is 1. The smallest absolute Gasteiger partial charge is 0.337 e. The van der Waals surface area contributed by atoms with Crippen LogP contribution in [-0.4, -0.2) is 65.8 Å². The normalized spacial score (nSPS) is 13.6. The first-order valence-electron chi connectivity index (χ1n) is 10.5. The minimum atomic E-state index is -0.452. The number of thioether (sulfide) groups is 1. The number of aryl methyl sites for hydroxylation is 1. The van der Waals surface area contributed by atoms with Crippen molar-refractivity contribution in [2.24, 2.45) is 0 Å².